The lowest BCUT2D eigenvalue weighted by Gasteiger charge is -2.33. The third-order valence-electron chi connectivity index (χ3n) is 8.51. The van der Waals surface area contributed by atoms with E-state index in [0.717, 1.165) is 113 Å². The molecule has 0 aliphatic carbocycles. The van der Waals surface area contributed by atoms with Crippen molar-refractivity contribution >= 4 is 17.7 Å². The molecule has 5 heterocycles. The minimum absolute atomic E-state index is 0.106. The molecule has 0 bridgehead atoms. The van der Waals surface area contributed by atoms with Crippen LogP contribution in [0.25, 0.3) is 0 Å². The minimum atomic E-state index is 0.106. The van der Waals surface area contributed by atoms with Crippen LogP contribution in [0.4, 0.5) is 11.8 Å². The molecular weight excluding hydrogens is 482 g/mol. The molecule has 38 heavy (non-hydrogen) atoms. The van der Waals surface area contributed by atoms with Gasteiger partial charge < -0.3 is 29.3 Å². The molecule has 3 fully saturated rings. The number of hydrogen-bond donors (Lipinski definition) is 1. The maximum Gasteiger partial charge on any atom is 0.253 e. The summed E-state index contributed by atoms with van der Waals surface area (Å²) in [6.45, 7) is 5.47. The number of rotatable bonds is 6. The number of piperidine rings is 1. The molecule has 0 saturated carbocycles. The topological polar surface area (TPSA) is 89.1 Å². The second kappa shape index (κ2) is 11.5. The first kappa shape index (κ1) is 25.4. The standard InChI is InChI=1S/C29H39N5O4/c1-33(24-9-16-37-17-10-24)28(35)22-4-2-3-21(19-22)20-5-12-34(13-6-20)29-31-25-11-18-38-26(25)27(32-29)30-23-7-14-36-15-8-23/h2-4,19-20,23-24H,5-18H2,1H3,(H,30,31,32). The summed E-state index contributed by atoms with van der Waals surface area (Å²) in [5.74, 6) is 2.97. The molecule has 0 atom stereocenters. The van der Waals surface area contributed by atoms with Crippen LogP contribution in [0.3, 0.4) is 0 Å². The van der Waals surface area contributed by atoms with Gasteiger partial charge in [0.2, 0.25) is 5.95 Å². The van der Waals surface area contributed by atoms with Crippen molar-refractivity contribution in [2.75, 3.05) is 63.4 Å². The Hall–Kier alpha value is -2.91. The molecule has 0 radical (unpaired) electrons. The molecule has 0 spiro atoms. The van der Waals surface area contributed by atoms with E-state index >= 15 is 0 Å². The predicted molar refractivity (Wildman–Crippen MR) is 145 cm³/mol. The van der Waals surface area contributed by atoms with Crippen LogP contribution in [0.2, 0.25) is 0 Å². The average molecular weight is 522 g/mol. The highest BCUT2D eigenvalue weighted by Gasteiger charge is 2.29. The van der Waals surface area contributed by atoms with Crippen LogP contribution in [0.5, 0.6) is 5.75 Å². The van der Waals surface area contributed by atoms with Gasteiger partial charge >= 0.3 is 0 Å². The van der Waals surface area contributed by atoms with Crippen LogP contribution in [0, 0.1) is 0 Å². The smallest absolute Gasteiger partial charge is 0.253 e. The number of ether oxygens (including phenoxy) is 3. The van der Waals surface area contributed by atoms with Crippen molar-refractivity contribution in [1.29, 1.82) is 0 Å². The highest BCUT2D eigenvalue weighted by Crippen LogP contribution is 2.36. The van der Waals surface area contributed by atoms with Gasteiger partial charge in [0, 0.05) is 70.6 Å². The summed E-state index contributed by atoms with van der Waals surface area (Å²) in [6, 6.07) is 8.87. The molecule has 204 valence electrons. The van der Waals surface area contributed by atoms with Gasteiger partial charge in [-0.15, -0.1) is 0 Å². The SMILES string of the molecule is CN(C(=O)c1cccc(C2CCN(c3nc4c(c(NC5CCOCC5)n3)OCC4)CC2)c1)C1CCOCC1. The number of carbonyl (C=O) groups is 1. The Morgan fingerprint density at radius 2 is 1.71 bits per heavy atom. The van der Waals surface area contributed by atoms with E-state index in [1.165, 1.54) is 5.56 Å². The number of amides is 1. The first-order chi connectivity index (χ1) is 18.7. The second-order valence-corrected chi connectivity index (χ2v) is 10.9. The third kappa shape index (κ3) is 5.45. The molecule has 1 aromatic heterocycles. The van der Waals surface area contributed by atoms with Gasteiger partial charge in [-0.25, -0.2) is 4.98 Å². The van der Waals surface area contributed by atoms with Crippen molar-refractivity contribution in [2.24, 2.45) is 0 Å². The molecule has 4 aliphatic heterocycles. The number of nitrogens with zero attached hydrogens (tertiary/aromatic N) is 4. The Bertz CT molecular complexity index is 1120. The summed E-state index contributed by atoms with van der Waals surface area (Å²) in [6.07, 6.45) is 6.61. The molecule has 1 N–H and O–H groups in total. The van der Waals surface area contributed by atoms with Gasteiger partial charge in [0.1, 0.15) is 0 Å². The van der Waals surface area contributed by atoms with Crippen molar-refractivity contribution < 1.29 is 19.0 Å². The van der Waals surface area contributed by atoms with E-state index < -0.39 is 0 Å². The zero-order valence-electron chi connectivity index (χ0n) is 22.4. The lowest BCUT2D eigenvalue weighted by Crippen LogP contribution is -2.40. The van der Waals surface area contributed by atoms with Gasteiger partial charge in [-0.2, -0.15) is 4.98 Å². The number of fused-ring (bicyclic) bond motifs is 1. The first-order valence-electron chi connectivity index (χ1n) is 14.2. The summed E-state index contributed by atoms with van der Waals surface area (Å²) in [5.41, 5.74) is 3.04. The molecule has 1 aromatic carbocycles. The predicted octanol–water partition coefficient (Wildman–Crippen LogP) is 3.64. The number of benzene rings is 1. The summed E-state index contributed by atoms with van der Waals surface area (Å²) in [5, 5.41) is 3.62. The van der Waals surface area contributed by atoms with Crippen molar-refractivity contribution in [2.45, 2.75) is 62.9 Å². The van der Waals surface area contributed by atoms with E-state index in [2.05, 4.69) is 22.3 Å². The van der Waals surface area contributed by atoms with E-state index in [9.17, 15) is 4.79 Å². The molecule has 9 heteroatoms. The zero-order chi connectivity index (χ0) is 25.9. The summed E-state index contributed by atoms with van der Waals surface area (Å²) in [7, 11) is 1.93. The zero-order valence-corrected chi connectivity index (χ0v) is 22.4. The van der Waals surface area contributed by atoms with Gasteiger partial charge in [0.15, 0.2) is 11.6 Å². The van der Waals surface area contributed by atoms with Gasteiger partial charge in [0.05, 0.1) is 12.3 Å². The highest BCUT2D eigenvalue weighted by molar-refractivity contribution is 5.94. The monoisotopic (exact) mass is 521 g/mol. The number of hydrogen-bond acceptors (Lipinski definition) is 8. The third-order valence-corrected chi connectivity index (χ3v) is 8.51. The number of nitrogens with one attached hydrogen (secondary N) is 1. The normalized spacial score (nSPS) is 21.1. The molecule has 4 aliphatic rings. The second-order valence-electron chi connectivity index (χ2n) is 10.9. The van der Waals surface area contributed by atoms with Crippen molar-refractivity contribution in [3.63, 3.8) is 0 Å². The van der Waals surface area contributed by atoms with E-state index in [1.807, 2.05) is 24.1 Å². The molecule has 0 unspecified atom stereocenters. The Labute approximate surface area is 224 Å². The Balaban J connectivity index is 1.11. The first-order valence-corrected chi connectivity index (χ1v) is 14.2. The van der Waals surface area contributed by atoms with Crippen molar-refractivity contribution in [3.05, 3.63) is 41.1 Å². The number of aromatic nitrogens is 2. The van der Waals surface area contributed by atoms with Crippen molar-refractivity contribution in [1.82, 2.24) is 14.9 Å². The lowest BCUT2D eigenvalue weighted by atomic mass is 9.88. The fourth-order valence-corrected chi connectivity index (χ4v) is 6.11. The molecule has 6 rings (SSSR count). The maximum absolute atomic E-state index is 13.2. The average Bonchev–Trinajstić information content (AvgIpc) is 3.47. The minimum Gasteiger partial charge on any atom is -0.487 e. The van der Waals surface area contributed by atoms with E-state index in [1.54, 1.807) is 0 Å². The van der Waals surface area contributed by atoms with E-state index in [-0.39, 0.29) is 11.9 Å². The van der Waals surface area contributed by atoms with Crippen LogP contribution < -0.4 is 15.0 Å². The van der Waals surface area contributed by atoms with Gasteiger partial charge in [-0.1, -0.05) is 12.1 Å². The fourth-order valence-electron chi connectivity index (χ4n) is 6.11. The number of anilines is 2. The Morgan fingerprint density at radius 1 is 0.974 bits per heavy atom. The van der Waals surface area contributed by atoms with Crippen LogP contribution >= 0.6 is 0 Å². The highest BCUT2D eigenvalue weighted by atomic mass is 16.5. The van der Waals surface area contributed by atoms with Crippen LogP contribution in [-0.4, -0.2) is 86.0 Å². The fraction of sp³-hybridized carbons (Fsp3) is 0.621. The van der Waals surface area contributed by atoms with Gasteiger partial charge in [-0.05, 0) is 62.1 Å². The van der Waals surface area contributed by atoms with Crippen LogP contribution in [-0.2, 0) is 15.9 Å². The number of carbonyl (C=O) groups excluding carboxylic acids is 1. The molecule has 3 saturated heterocycles. The summed E-state index contributed by atoms with van der Waals surface area (Å²) >= 11 is 0. The largest absolute Gasteiger partial charge is 0.487 e. The molecule has 2 aromatic rings. The molecule has 1 amide bonds. The van der Waals surface area contributed by atoms with Crippen molar-refractivity contribution in [3.8, 4) is 5.75 Å². The van der Waals surface area contributed by atoms with Gasteiger partial charge in [-0.3, -0.25) is 4.79 Å². The molecular formula is C29H39N5O4. The maximum atomic E-state index is 13.2. The van der Waals surface area contributed by atoms with Gasteiger partial charge in [0.25, 0.3) is 5.91 Å². The van der Waals surface area contributed by atoms with E-state index in [4.69, 9.17) is 24.2 Å². The summed E-state index contributed by atoms with van der Waals surface area (Å²) in [4.78, 5) is 27.3. The Morgan fingerprint density at radius 3 is 2.47 bits per heavy atom. The van der Waals surface area contributed by atoms with Crippen LogP contribution in [0.1, 0.15) is 66.1 Å². The Kier molecular flexibility index (Phi) is 7.65. The van der Waals surface area contributed by atoms with E-state index in [0.29, 0.717) is 18.6 Å². The molecule has 9 nitrogen and oxygen atoms in total. The van der Waals surface area contributed by atoms with Crippen LogP contribution in [0.15, 0.2) is 24.3 Å². The summed E-state index contributed by atoms with van der Waals surface area (Å²) < 4.78 is 16.9. The lowest BCUT2D eigenvalue weighted by molar-refractivity contribution is 0.0362. The quantitative estimate of drug-likeness (QED) is 0.617.